The number of alkyl halides is 3. The van der Waals surface area contributed by atoms with Gasteiger partial charge < -0.3 is 21.3 Å². The van der Waals surface area contributed by atoms with Crippen LogP contribution in [-0.4, -0.2) is 29.3 Å². The number of unbranched alkanes of at least 4 members (excludes halogenated alkanes) is 1. The van der Waals surface area contributed by atoms with Gasteiger partial charge in [0.05, 0.1) is 33.3 Å². The number of halogens is 5. The molecule has 2 rings (SSSR count). The molecule has 0 aliphatic carbocycles. The lowest BCUT2D eigenvalue weighted by molar-refractivity contribution is -0.144. The Morgan fingerprint density at radius 3 is 2.33 bits per heavy atom. The molecule has 0 spiro atoms. The molecule has 0 aromatic heterocycles. The van der Waals surface area contributed by atoms with Gasteiger partial charge in [0.15, 0.2) is 0 Å². The van der Waals surface area contributed by atoms with E-state index in [4.69, 9.17) is 28.9 Å². The van der Waals surface area contributed by atoms with E-state index < -0.39 is 35.6 Å². The normalized spacial score (nSPS) is 14.6. The highest BCUT2D eigenvalue weighted by atomic mass is 35.5. The SMILES string of the molecule is CC(c1ccccc1C(F)(F)F)C(CCCCNCC(O)c1cc(Cl)c(N)c(Cl)c1)C(=O)O. The first-order chi connectivity index (χ1) is 15.4. The van der Waals surface area contributed by atoms with Crippen LogP contribution in [0.4, 0.5) is 18.9 Å². The molecule has 0 amide bonds. The second-order valence-electron chi connectivity index (χ2n) is 7.93. The maximum Gasteiger partial charge on any atom is 0.416 e. The third-order valence-electron chi connectivity index (χ3n) is 5.62. The number of nitrogen functional groups attached to an aromatic ring is 1. The number of carboxylic acid groups (broad SMARTS) is 1. The van der Waals surface area contributed by atoms with Crippen molar-refractivity contribution in [1.82, 2.24) is 5.32 Å². The van der Waals surface area contributed by atoms with Gasteiger partial charge in [-0.25, -0.2) is 0 Å². The standard InChI is InChI=1S/C23H27Cl2F3N2O3/c1-13(15-6-2-3-8-17(15)23(26,27)28)16(22(32)33)7-4-5-9-30-12-20(31)14-10-18(24)21(29)19(25)11-14/h2-3,6,8,10-11,13,16,20,30-31H,4-5,7,9,12,29H2,1H3,(H,32,33). The summed E-state index contributed by atoms with van der Waals surface area (Å²) >= 11 is 11.9. The smallest absolute Gasteiger partial charge is 0.416 e. The van der Waals surface area contributed by atoms with Gasteiger partial charge in [-0.05, 0) is 54.6 Å². The van der Waals surface area contributed by atoms with Crippen molar-refractivity contribution < 1.29 is 28.2 Å². The van der Waals surface area contributed by atoms with Crippen molar-refractivity contribution in [2.24, 2.45) is 5.92 Å². The van der Waals surface area contributed by atoms with Gasteiger partial charge in [-0.3, -0.25) is 4.79 Å². The minimum Gasteiger partial charge on any atom is -0.481 e. The minimum atomic E-state index is -4.54. The molecule has 0 saturated carbocycles. The Balaban J connectivity index is 1.86. The lowest BCUT2D eigenvalue weighted by Crippen LogP contribution is -2.24. The molecule has 2 aromatic carbocycles. The monoisotopic (exact) mass is 506 g/mol. The zero-order valence-electron chi connectivity index (χ0n) is 18.0. The Bertz CT molecular complexity index is 934. The van der Waals surface area contributed by atoms with Gasteiger partial charge in [-0.1, -0.05) is 54.7 Å². The number of carbonyl (C=O) groups is 1. The summed E-state index contributed by atoms with van der Waals surface area (Å²) in [7, 11) is 0. The molecule has 0 fully saturated rings. The largest absolute Gasteiger partial charge is 0.481 e. The predicted octanol–water partition coefficient (Wildman–Crippen LogP) is 5.89. The van der Waals surface area contributed by atoms with Gasteiger partial charge in [0, 0.05) is 6.54 Å². The van der Waals surface area contributed by atoms with Gasteiger partial charge in [-0.15, -0.1) is 0 Å². The number of rotatable bonds is 11. The van der Waals surface area contributed by atoms with Crippen molar-refractivity contribution in [2.45, 2.75) is 44.4 Å². The molecule has 5 nitrogen and oxygen atoms in total. The average Bonchev–Trinajstić information content (AvgIpc) is 2.75. The molecule has 3 unspecified atom stereocenters. The molecule has 0 aliphatic heterocycles. The van der Waals surface area contributed by atoms with Crippen LogP contribution in [0.15, 0.2) is 36.4 Å². The fourth-order valence-corrected chi connectivity index (χ4v) is 4.23. The van der Waals surface area contributed by atoms with Crippen LogP contribution in [0, 0.1) is 5.92 Å². The molecular weight excluding hydrogens is 480 g/mol. The zero-order chi connectivity index (χ0) is 24.8. The van der Waals surface area contributed by atoms with Crippen molar-refractivity contribution >= 4 is 34.9 Å². The van der Waals surface area contributed by atoms with Gasteiger partial charge in [0.2, 0.25) is 0 Å². The number of hydrogen-bond acceptors (Lipinski definition) is 4. The van der Waals surface area contributed by atoms with Crippen molar-refractivity contribution in [3.63, 3.8) is 0 Å². The number of benzene rings is 2. The molecule has 2 aromatic rings. The summed E-state index contributed by atoms with van der Waals surface area (Å²) in [5.41, 5.74) is 5.61. The molecule has 10 heteroatoms. The number of aliphatic carboxylic acids is 1. The van der Waals surface area contributed by atoms with Crippen molar-refractivity contribution in [1.29, 1.82) is 0 Å². The van der Waals surface area contributed by atoms with Crippen LogP contribution in [0.25, 0.3) is 0 Å². The zero-order valence-corrected chi connectivity index (χ0v) is 19.5. The Hall–Kier alpha value is -2.00. The number of nitrogens with two attached hydrogens (primary N) is 1. The van der Waals surface area contributed by atoms with E-state index in [2.05, 4.69) is 5.32 Å². The molecule has 0 heterocycles. The van der Waals surface area contributed by atoms with E-state index in [-0.39, 0.29) is 34.3 Å². The van der Waals surface area contributed by atoms with Crippen molar-refractivity contribution in [3.05, 3.63) is 63.1 Å². The number of aliphatic hydroxyl groups is 1. The molecule has 33 heavy (non-hydrogen) atoms. The fourth-order valence-electron chi connectivity index (χ4n) is 3.72. The van der Waals surface area contributed by atoms with Crippen LogP contribution in [0.5, 0.6) is 0 Å². The second kappa shape index (κ2) is 11.9. The van der Waals surface area contributed by atoms with Crippen LogP contribution in [0.3, 0.4) is 0 Å². The molecule has 182 valence electrons. The number of aliphatic hydroxyl groups excluding tert-OH is 1. The number of nitrogens with one attached hydrogen (secondary N) is 1. The highest BCUT2D eigenvalue weighted by Crippen LogP contribution is 2.38. The molecule has 0 bridgehead atoms. The van der Waals surface area contributed by atoms with Gasteiger partial charge >= 0.3 is 12.1 Å². The van der Waals surface area contributed by atoms with E-state index in [1.807, 2.05) is 0 Å². The maximum absolute atomic E-state index is 13.3. The third kappa shape index (κ3) is 7.50. The van der Waals surface area contributed by atoms with Crippen molar-refractivity contribution in [3.8, 4) is 0 Å². The average molecular weight is 507 g/mol. The first-order valence-corrected chi connectivity index (χ1v) is 11.2. The number of carboxylic acids is 1. The summed E-state index contributed by atoms with van der Waals surface area (Å²) in [4.78, 5) is 11.8. The van der Waals surface area contributed by atoms with Crippen LogP contribution in [-0.2, 0) is 11.0 Å². The highest BCUT2D eigenvalue weighted by molar-refractivity contribution is 6.38. The minimum absolute atomic E-state index is 0.0144. The Morgan fingerprint density at radius 1 is 1.15 bits per heavy atom. The molecule has 0 radical (unpaired) electrons. The Kier molecular flexibility index (Phi) is 9.84. The molecule has 0 aliphatic rings. The number of hydrogen-bond donors (Lipinski definition) is 4. The summed E-state index contributed by atoms with van der Waals surface area (Å²) in [5, 5.41) is 23.4. The third-order valence-corrected chi connectivity index (χ3v) is 6.25. The maximum atomic E-state index is 13.3. The van der Waals surface area contributed by atoms with Crippen LogP contribution in [0.2, 0.25) is 10.0 Å². The van der Waals surface area contributed by atoms with Gasteiger partial charge in [0.25, 0.3) is 0 Å². The summed E-state index contributed by atoms with van der Waals surface area (Å²) in [5.74, 6) is -2.87. The van der Waals surface area contributed by atoms with E-state index in [1.165, 1.54) is 37.3 Å². The lowest BCUT2D eigenvalue weighted by Gasteiger charge is -2.24. The van der Waals surface area contributed by atoms with Crippen LogP contribution < -0.4 is 11.1 Å². The first-order valence-electron chi connectivity index (χ1n) is 10.5. The molecular formula is C23H27Cl2F3N2O3. The Labute approximate surface area is 200 Å². The van der Waals surface area contributed by atoms with Gasteiger partial charge in [0.1, 0.15) is 0 Å². The Morgan fingerprint density at radius 2 is 1.76 bits per heavy atom. The fraction of sp³-hybridized carbons (Fsp3) is 0.435. The summed E-state index contributed by atoms with van der Waals surface area (Å²) in [6.07, 6.45) is -4.09. The summed E-state index contributed by atoms with van der Waals surface area (Å²) < 4.78 is 40.0. The van der Waals surface area contributed by atoms with E-state index in [1.54, 1.807) is 0 Å². The van der Waals surface area contributed by atoms with Crippen LogP contribution >= 0.6 is 23.2 Å². The second-order valence-corrected chi connectivity index (χ2v) is 8.75. The summed E-state index contributed by atoms with van der Waals surface area (Å²) in [6, 6.07) is 8.15. The topological polar surface area (TPSA) is 95.6 Å². The molecule has 0 saturated heterocycles. The molecule has 3 atom stereocenters. The quantitative estimate of drug-likeness (QED) is 0.225. The predicted molar refractivity (Wildman–Crippen MR) is 124 cm³/mol. The van der Waals surface area contributed by atoms with Crippen molar-refractivity contribution in [2.75, 3.05) is 18.8 Å². The molecule has 5 N–H and O–H groups in total. The first kappa shape index (κ1) is 27.2. The highest BCUT2D eigenvalue weighted by Gasteiger charge is 2.36. The van der Waals surface area contributed by atoms with E-state index in [0.29, 0.717) is 24.9 Å². The van der Waals surface area contributed by atoms with E-state index >= 15 is 0 Å². The van der Waals surface area contributed by atoms with Gasteiger partial charge in [-0.2, -0.15) is 13.2 Å². The van der Waals surface area contributed by atoms with Crippen LogP contribution in [0.1, 0.15) is 54.9 Å². The van der Waals surface area contributed by atoms with E-state index in [9.17, 15) is 28.2 Å². The lowest BCUT2D eigenvalue weighted by atomic mass is 9.82. The van der Waals surface area contributed by atoms with E-state index in [0.717, 1.165) is 6.07 Å². The summed E-state index contributed by atoms with van der Waals surface area (Å²) in [6.45, 7) is 2.22. The number of anilines is 1.